The van der Waals surface area contributed by atoms with Crippen molar-refractivity contribution in [3.63, 3.8) is 0 Å². The Kier molecular flexibility index (Phi) is 13.6. The molecule has 3 atom stereocenters. The highest BCUT2D eigenvalue weighted by Crippen LogP contribution is 2.39. The third-order valence-corrected chi connectivity index (χ3v) is 10.1. The van der Waals surface area contributed by atoms with Crippen molar-refractivity contribution in [1.82, 2.24) is 4.90 Å². The maximum absolute atomic E-state index is 13.5. The van der Waals surface area contributed by atoms with E-state index in [4.69, 9.17) is 4.74 Å². The van der Waals surface area contributed by atoms with Crippen LogP contribution in [0, 0.1) is 30.6 Å². The van der Waals surface area contributed by atoms with Crippen LogP contribution in [-0.4, -0.2) is 36.6 Å². The molecule has 2 aliphatic rings. The van der Waals surface area contributed by atoms with Crippen molar-refractivity contribution in [2.75, 3.05) is 19.7 Å². The lowest BCUT2D eigenvalue weighted by molar-refractivity contribution is -0.142. The van der Waals surface area contributed by atoms with E-state index in [0.717, 1.165) is 58.0 Å². The Hall–Kier alpha value is -2.39. The predicted octanol–water partition coefficient (Wildman–Crippen LogP) is 10.5. The van der Waals surface area contributed by atoms with Crippen LogP contribution in [0.2, 0.25) is 0 Å². The minimum atomic E-state index is 0.121. The molecule has 0 saturated carbocycles. The summed E-state index contributed by atoms with van der Waals surface area (Å²) in [5.41, 5.74) is 9.82. The summed E-state index contributed by atoms with van der Waals surface area (Å²) >= 11 is 0. The summed E-state index contributed by atoms with van der Waals surface area (Å²) < 4.78 is 5.95. The number of rotatable bonds is 12. The fourth-order valence-corrected chi connectivity index (χ4v) is 6.97. The van der Waals surface area contributed by atoms with Crippen molar-refractivity contribution < 1.29 is 9.53 Å². The molecular weight excluding hydrogens is 526 g/mol. The standard InChI is InChI=1S/C40H61NO2/c1-11-14-34(24-31(10)29(8)13-3)36(15-12-2)39(28(6)7)37-25-33(17-16-30(37)9)32-18-21-41(22-19-32)40(42)35-20-23-43-38(26-35)27(4)5/h11,14,16-17,24-25,27-29,32,35,38H,1,12-13,15,18-23,26H2,2-10H3/b31-24-,34-14+,39-36+. The van der Waals surface area contributed by atoms with Crippen LogP contribution in [0.3, 0.4) is 0 Å². The number of ether oxygens (including phenoxy) is 1. The number of hydrogen-bond acceptors (Lipinski definition) is 2. The molecule has 0 bridgehead atoms. The summed E-state index contributed by atoms with van der Waals surface area (Å²) in [6, 6.07) is 7.17. The van der Waals surface area contributed by atoms with E-state index >= 15 is 0 Å². The molecule has 1 aromatic rings. The molecule has 0 aliphatic carbocycles. The van der Waals surface area contributed by atoms with Crippen molar-refractivity contribution in [3.8, 4) is 0 Å². The fourth-order valence-electron chi connectivity index (χ4n) is 6.97. The number of aryl methyl sites for hydroxylation is 1. The minimum absolute atomic E-state index is 0.121. The molecule has 3 unspecified atom stereocenters. The summed E-state index contributed by atoms with van der Waals surface area (Å²) in [6.45, 7) is 27.0. The molecule has 3 heteroatoms. The van der Waals surface area contributed by atoms with Gasteiger partial charge in [0.15, 0.2) is 0 Å². The lowest BCUT2D eigenvalue weighted by atomic mass is 9.80. The molecule has 0 radical (unpaired) electrons. The Balaban J connectivity index is 1.90. The lowest BCUT2D eigenvalue weighted by Gasteiger charge is -2.37. The van der Waals surface area contributed by atoms with E-state index in [1.165, 1.54) is 39.0 Å². The molecule has 2 saturated heterocycles. The maximum atomic E-state index is 13.5. The lowest BCUT2D eigenvalue weighted by Crippen LogP contribution is -2.44. The summed E-state index contributed by atoms with van der Waals surface area (Å²) in [5, 5.41) is 0. The summed E-state index contributed by atoms with van der Waals surface area (Å²) in [7, 11) is 0. The van der Waals surface area contributed by atoms with Crippen LogP contribution < -0.4 is 0 Å². The Bertz CT molecular complexity index is 1170. The second-order valence-electron chi connectivity index (χ2n) is 13.9. The van der Waals surface area contributed by atoms with E-state index in [2.05, 4.69) is 104 Å². The van der Waals surface area contributed by atoms with E-state index < -0.39 is 0 Å². The number of likely N-dealkylation sites (tertiary alicyclic amines) is 1. The number of allylic oxidation sites excluding steroid dienone is 7. The van der Waals surface area contributed by atoms with Gasteiger partial charge >= 0.3 is 0 Å². The summed E-state index contributed by atoms with van der Waals surface area (Å²) in [4.78, 5) is 15.6. The highest BCUT2D eigenvalue weighted by Gasteiger charge is 2.34. The Morgan fingerprint density at radius 3 is 2.37 bits per heavy atom. The second-order valence-corrected chi connectivity index (χ2v) is 13.9. The van der Waals surface area contributed by atoms with E-state index in [0.29, 0.717) is 36.2 Å². The van der Waals surface area contributed by atoms with Gasteiger partial charge in [-0.3, -0.25) is 4.79 Å². The fraction of sp³-hybridized carbons (Fsp3) is 0.625. The van der Waals surface area contributed by atoms with Crippen molar-refractivity contribution in [1.29, 1.82) is 0 Å². The van der Waals surface area contributed by atoms with Gasteiger partial charge in [-0.25, -0.2) is 0 Å². The SMILES string of the molecule is C=C/C=C(\C=C(\C)C(C)CC)C(/CCC)=C(/c1cc(C2CCN(C(=O)C3CCOC(C(C)C)C3)CC2)ccc1C)C(C)C. The highest BCUT2D eigenvalue weighted by atomic mass is 16.5. The number of amides is 1. The smallest absolute Gasteiger partial charge is 0.225 e. The van der Waals surface area contributed by atoms with Gasteiger partial charge in [0.2, 0.25) is 5.91 Å². The average Bonchev–Trinajstić information content (AvgIpc) is 3.00. The third-order valence-electron chi connectivity index (χ3n) is 10.1. The van der Waals surface area contributed by atoms with Crippen LogP contribution in [0.4, 0.5) is 0 Å². The molecule has 0 N–H and O–H groups in total. The number of carbonyl (C=O) groups excluding carboxylic acids is 1. The molecule has 0 aromatic heterocycles. The van der Waals surface area contributed by atoms with Gasteiger partial charge in [-0.1, -0.05) is 103 Å². The van der Waals surface area contributed by atoms with Crippen LogP contribution in [0.25, 0.3) is 5.57 Å². The number of hydrogen-bond donors (Lipinski definition) is 0. The number of benzene rings is 1. The van der Waals surface area contributed by atoms with Gasteiger partial charge in [-0.05, 0) is 109 Å². The highest BCUT2D eigenvalue weighted by molar-refractivity contribution is 5.79. The Morgan fingerprint density at radius 1 is 1.09 bits per heavy atom. The van der Waals surface area contributed by atoms with E-state index in [1.54, 1.807) is 0 Å². The first-order chi connectivity index (χ1) is 20.5. The van der Waals surface area contributed by atoms with Crippen LogP contribution in [0.15, 0.2) is 59.7 Å². The zero-order valence-electron chi connectivity index (χ0n) is 29.0. The first-order valence-corrected chi connectivity index (χ1v) is 17.3. The molecule has 238 valence electrons. The number of carbonyl (C=O) groups is 1. The van der Waals surface area contributed by atoms with Crippen LogP contribution in [0.1, 0.15) is 123 Å². The van der Waals surface area contributed by atoms with Gasteiger partial charge in [0.05, 0.1) is 6.10 Å². The zero-order valence-corrected chi connectivity index (χ0v) is 29.0. The van der Waals surface area contributed by atoms with Gasteiger partial charge in [0.25, 0.3) is 0 Å². The third kappa shape index (κ3) is 9.07. The van der Waals surface area contributed by atoms with E-state index in [9.17, 15) is 4.79 Å². The van der Waals surface area contributed by atoms with Gasteiger partial charge in [0, 0.05) is 25.6 Å². The largest absolute Gasteiger partial charge is 0.378 e. The second kappa shape index (κ2) is 16.6. The van der Waals surface area contributed by atoms with Crippen molar-refractivity contribution in [2.24, 2.45) is 23.7 Å². The summed E-state index contributed by atoms with van der Waals surface area (Å²) in [5.74, 6) is 2.38. The average molecular weight is 588 g/mol. The van der Waals surface area contributed by atoms with E-state index in [1.807, 2.05) is 6.08 Å². The van der Waals surface area contributed by atoms with Gasteiger partial charge in [-0.2, -0.15) is 0 Å². The quantitative estimate of drug-likeness (QED) is 0.228. The Labute approximate surface area is 264 Å². The van der Waals surface area contributed by atoms with Crippen LogP contribution in [0.5, 0.6) is 0 Å². The van der Waals surface area contributed by atoms with Crippen LogP contribution in [-0.2, 0) is 9.53 Å². The minimum Gasteiger partial charge on any atom is -0.378 e. The molecule has 2 aliphatic heterocycles. The molecule has 2 fully saturated rings. The number of nitrogens with zero attached hydrogens (tertiary/aromatic N) is 1. The van der Waals surface area contributed by atoms with Gasteiger partial charge in [-0.15, -0.1) is 0 Å². The number of piperidine rings is 1. The van der Waals surface area contributed by atoms with E-state index in [-0.39, 0.29) is 12.0 Å². The van der Waals surface area contributed by atoms with Crippen LogP contribution >= 0.6 is 0 Å². The normalized spacial score (nSPS) is 22.2. The molecular formula is C40H61NO2. The Morgan fingerprint density at radius 2 is 1.79 bits per heavy atom. The summed E-state index contributed by atoms with van der Waals surface area (Å²) in [6.07, 6.45) is 13.9. The van der Waals surface area contributed by atoms with Crippen molar-refractivity contribution >= 4 is 11.5 Å². The van der Waals surface area contributed by atoms with Crippen molar-refractivity contribution in [2.45, 2.75) is 119 Å². The first kappa shape index (κ1) is 35.1. The zero-order chi connectivity index (χ0) is 31.7. The molecule has 3 rings (SSSR count). The molecule has 43 heavy (non-hydrogen) atoms. The molecule has 0 spiro atoms. The first-order valence-electron chi connectivity index (χ1n) is 17.3. The van der Waals surface area contributed by atoms with Gasteiger partial charge < -0.3 is 9.64 Å². The van der Waals surface area contributed by atoms with Gasteiger partial charge in [0.1, 0.15) is 0 Å². The molecule has 3 nitrogen and oxygen atoms in total. The topological polar surface area (TPSA) is 29.5 Å². The monoisotopic (exact) mass is 587 g/mol. The molecule has 1 amide bonds. The maximum Gasteiger partial charge on any atom is 0.225 e. The molecule has 2 heterocycles. The molecule has 1 aromatic carbocycles. The van der Waals surface area contributed by atoms with Crippen molar-refractivity contribution in [3.05, 3.63) is 76.4 Å². The predicted molar refractivity (Wildman–Crippen MR) is 185 cm³/mol.